The minimum atomic E-state index is -10.0. The van der Waals surface area contributed by atoms with Crippen molar-refractivity contribution in [3.63, 3.8) is 0 Å². The van der Waals surface area contributed by atoms with E-state index in [4.69, 9.17) is 4.74 Å². The fourth-order valence-electron chi connectivity index (χ4n) is 2.51. The first kappa shape index (κ1) is 27.1. The summed E-state index contributed by atoms with van der Waals surface area (Å²) in [5.41, 5.74) is -5.44. The number of nitro benzene ring substituents is 1. The molecule has 0 saturated heterocycles. The molecule has 0 saturated carbocycles. The van der Waals surface area contributed by atoms with Crippen molar-refractivity contribution in [3.8, 4) is 5.75 Å². The van der Waals surface area contributed by atoms with Crippen molar-refractivity contribution >= 4 is 27.5 Å². The summed E-state index contributed by atoms with van der Waals surface area (Å²) in [6.45, 7) is -0.843. The second kappa shape index (κ2) is 7.97. The van der Waals surface area contributed by atoms with E-state index >= 15 is 0 Å². The van der Waals surface area contributed by atoms with E-state index in [0.29, 0.717) is 12.1 Å². The summed E-state index contributed by atoms with van der Waals surface area (Å²) in [6, 6.07) is 3.22. The lowest BCUT2D eigenvalue weighted by atomic mass is 9.91. The number of nitrogens with one attached hydrogen (secondary N) is 1. The molecule has 190 valence electrons. The number of amides is 1. The number of nitrogens with zero attached hydrogens (tertiary/aromatic N) is 1. The zero-order valence-corrected chi connectivity index (χ0v) is 17.7. The molecule has 2 rings (SSSR count). The quantitative estimate of drug-likeness (QED) is 0.240. The predicted octanol–water partition coefficient (Wildman–Crippen LogP) is 6.29. The van der Waals surface area contributed by atoms with Gasteiger partial charge in [0.05, 0.1) is 11.5 Å². The highest BCUT2D eigenvalue weighted by molar-refractivity contribution is 8.45. The molecule has 16 heteroatoms. The van der Waals surface area contributed by atoms with Gasteiger partial charge in [-0.05, 0) is 31.2 Å². The molecule has 2 aromatic rings. The summed E-state index contributed by atoms with van der Waals surface area (Å²) < 4.78 is 109. The number of rotatable bonds is 8. The summed E-state index contributed by atoms with van der Waals surface area (Å²) in [4.78, 5) is 19.8. The van der Waals surface area contributed by atoms with Crippen LogP contribution in [0.3, 0.4) is 0 Å². The Morgan fingerprint density at radius 1 is 1.12 bits per heavy atom. The molecule has 0 bridgehead atoms. The maximum absolute atomic E-state index is 13.1. The number of halogens is 8. The molecule has 0 aromatic heterocycles. The van der Waals surface area contributed by atoms with Crippen LogP contribution in [0.5, 0.6) is 5.75 Å². The largest absolute Gasteiger partial charge is 0.492 e. The fourth-order valence-corrected chi connectivity index (χ4v) is 3.19. The molecule has 2 aromatic carbocycles. The number of ether oxygens (including phenoxy) is 1. The summed E-state index contributed by atoms with van der Waals surface area (Å²) in [7, 11) is -10.0. The molecule has 1 atom stereocenters. The van der Waals surface area contributed by atoms with Crippen molar-refractivity contribution in [2.24, 2.45) is 5.41 Å². The monoisotopic (exact) mass is 524 g/mol. The van der Waals surface area contributed by atoms with Crippen LogP contribution in [0.4, 0.5) is 44.0 Å². The second-order valence-corrected chi connectivity index (χ2v) is 9.80. The van der Waals surface area contributed by atoms with Gasteiger partial charge < -0.3 is 15.2 Å². The topological polar surface area (TPSA) is 102 Å². The number of alkyl halides is 3. The zero-order valence-electron chi connectivity index (χ0n) is 16.9. The highest BCUT2D eigenvalue weighted by Gasteiger charge is 2.65. The van der Waals surface area contributed by atoms with Gasteiger partial charge in [-0.3, -0.25) is 14.9 Å². The lowest BCUT2D eigenvalue weighted by Gasteiger charge is -2.40. The smallest absolute Gasteiger partial charge is 0.423 e. The van der Waals surface area contributed by atoms with Crippen LogP contribution in [0.1, 0.15) is 12.5 Å². The van der Waals surface area contributed by atoms with Gasteiger partial charge in [0.25, 0.3) is 5.69 Å². The Labute approximate surface area is 186 Å². The first-order valence-corrected chi connectivity index (χ1v) is 10.9. The van der Waals surface area contributed by atoms with E-state index < -0.39 is 73.4 Å². The first-order chi connectivity index (χ1) is 15.2. The Hall–Kier alpha value is -3.14. The Morgan fingerprint density at radius 2 is 1.74 bits per heavy atom. The minimum Gasteiger partial charge on any atom is -0.492 e. The number of nitro groups is 1. The molecule has 1 amide bonds. The van der Waals surface area contributed by atoms with Crippen LogP contribution in [-0.2, 0) is 11.0 Å². The van der Waals surface area contributed by atoms with E-state index in [0.717, 1.165) is 19.1 Å². The van der Waals surface area contributed by atoms with Crippen LogP contribution in [0.15, 0.2) is 47.4 Å². The maximum Gasteiger partial charge on any atom is 0.423 e. The highest BCUT2D eigenvalue weighted by Crippen LogP contribution is 3.02. The lowest BCUT2D eigenvalue weighted by Crippen LogP contribution is -2.41. The van der Waals surface area contributed by atoms with Crippen LogP contribution in [0.25, 0.3) is 0 Å². The molecule has 0 aliphatic rings. The standard InChI is InChI=1S/C18H16F8N2O5S/c1-17(9-29,10-33-12-3-2-4-13(8-12)34(22,23,24,25)26)16(30)27-11-5-6-15(28(31)32)14(7-11)18(19,20)21/h2-8,29H,9-10H2,1H3,(H,27,30). The van der Waals surface area contributed by atoms with E-state index in [2.05, 4.69) is 0 Å². The van der Waals surface area contributed by atoms with Gasteiger partial charge in [-0.15, -0.1) is 0 Å². The van der Waals surface area contributed by atoms with Crippen LogP contribution < -0.4 is 10.1 Å². The van der Waals surface area contributed by atoms with Crippen LogP contribution in [-0.4, -0.2) is 29.2 Å². The number of carbonyl (C=O) groups excluding carboxylic acids is 1. The summed E-state index contributed by atoms with van der Waals surface area (Å²) in [5, 5.41) is 22.4. The van der Waals surface area contributed by atoms with Gasteiger partial charge in [0, 0.05) is 17.8 Å². The molecule has 7 nitrogen and oxygen atoms in total. The highest BCUT2D eigenvalue weighted by atomic mass is 32.5. The molecule has 0 aliphatic heterocycles. The van der Waals surface area contributed by atoms with Crippen molar-refractivity contribution in [2.75, 3.05) is 18.5 Å². The normalized spacial score (nSPS) is 16.1. The number of hydrogen-bond acceptors (Lipinski definition) is 5. The molecule has 1 unspecified atom stereocenters. The molecule has 0 radical (unpaired) electrons. The van der Waals surface area contributed by atoms with E-state index in [-0.39, 0.29) is 18.2 Å². The van der Waals surface area contributed by atoms with Gasteiger partial charge in [0.1, 0.15) is 28.2 Å². The Morgan fingerprint density at radius 3 is 2.24 bits per heavy atom. The third-order valence-corrected chi connectivity index (χ3v) is 5.61. The van der Waals surface area contributed by atoms with Crippen LogP contribution >= 0.6 is 10.2 Å². The number of benzene rings is 2. The molecular weight excluding hydrogens is 508 g/mol. The first-order valence-electron chi connectivity index (χ1n) is 8.91. The average molecular weight is 524 g/mol. The van der Waals surface area contributed by atoms with E-state index in [1.54, 1.807) is 0 Å². The third kappa shape index (κ3) is 6.47. The van der Waals surface area contributed by atoms with Gasteiger partial charge in [-0.1, -0.05) is 25.5 Å². The van der Waals surface area contributed by atoms with E-state index in [9.17, 15) is 52.6 Å². The molecule has 0 heterocycles. The molecule has 0 aliphatic carbocycles. The number of aliphatic hydroxyl groups excluding tert-OH is 1. The average Bonchev–Trinajstić information content (AvgIpc) is 2.69. The Kier molecular flexibility index (Phi) is 6.35. The SMILES string of the molecule is CC(CO)(COc1cccc(S(F)(F)(F)(F)F)c1)C(=O)Nc1ccc([N+](=O)[O-])c(C(F)(F)F)c1. The molecule has 2 N–H and O–H groups in total. The number of aliphatic hydroxyl groups is 1. The van der Waals surface area contributed by atoms with E-state index in [1.807, 2.05) is 5.32 Å². The Balaban J connectivity index is 2.25. The molecule has 34 heavy (non-hydrogen) atoms. The second-order valence-electron chi connectivity index (χ2n) is 7.39. The molecule has 0 spiro atoms. The zero-order chi connectivity index (χ0) is 26.2. The van der Waals surface area contributed by atoms with Gasteiger partial charge >= 0.3 is 16.4 Å². The van der Waals surface area contributed by atoms with Crippen LogP contribution in [0, 0.1) is 15.5 Å². The maximum atomic E-state index is 13.1. The van der Waals surface area contributed by atoms with Crippen molar-refractivity contribution in [1.29, 1.82) is 0 Å². The summed E-state index contributed by atoms with van der Waals surface area (Å²) >= 11 is 0. The molecular formula is C18H16F8N2O5S. The van der Waals surface area contributed by atoms with Crippen molar-refractivity contribution in [2.45, 2.75) is 18.0 Å². The van der Waals surface area contributed by atoms with Gasteiger partial charge in [0.15, 0.2) is 0 Å². The molecule has 0 fully saturated rings. The minimum absolute atomic E-state index is 0.00316. The van der Waals surface area contributed by atoms with Gasteiger partial charge in [-0.2, -0.15) is 13.2 Å². The van der Waals surface area contributed by atoms with Crippen molar-refractivity contribution < 1.29 is 52.2 Å². The van der Waals surface area contributed by atoms with E-state index in [1.165, 1.54) is 0 Å². The van der Waals surface area contributed by atoms with Crippen molar-refractivity contribution in [1.82, 2.24) is 0 Å². The predicted molar refractivity (Wildman–Crippen MR) is 105 cm³/mol. The lowest BCUT2D eigenvalue weighted by molar-refractivity contribution is -0.388. The Bertz CT molecular complexity index is 1120. The van der Waals surface area contributed by atoms with Crippen molar-refractivity contribution in [3.05, 3.63) is 58.1 Å². The fraction of sp³-hybridized carbons (Fsp3) is 0.278. The van der Waals surface area contributed by atoms with Gasteiger partial charge in [-0.25, -0.2) is 0 Å². The van der Waals surface area contributed by atoms with Crippen LogP contribution in [0.2, 0.25) is 0 Å². The summed E-state index contributed by atoms with van der Waals surface area (Å²) in [5.74, 6) is -1.88. The summed E-state index contributed by atoms with van der Waals surface area (Å²) in [6.07, 6.45) is -5.14. The number of anilines is 1. The third-order valence-electron chi connectivity index (χ3n) is 4.46. The number of carbonyl (C=O) groups is 1. The number of hydrogen-bond donors (Lipinski definition) is 2. The van der Waals surface area contributed by atoms with Gasteiger partial charge in [0.2, 0.25) is 5.91 Å².